The van der Waals surface area contributed by atoms with Crippen molar-refractivity contribution in [1.29, 1.82) is 0 Å². The van der Waals surface area contributed by atoms with Crippen molar-refractivity contribution in [3.63, 3.8) is 0 Å². The maximum atomic E-state index is 11.8. The summed E-state index contributed by atoms with van der Waals surface area (Å²) in [5.41, 5.74) is 5.24. The topological polar surface area (TPSA) is 127 Å². The van der Waals surface area contributed by atoms with Gasteiger partial charge in [0.15, 0.2) is 6.39 Å². The number of carboxylic acid groups (broad SMARTS) is 1. The number of oxazole rings is 1. The number of nitrogens with two attached hydrogens (primary N) is 1. The molecule has 0 aliphatic rings. The van der Waals surface area contributed by atoms with Crippen LogP contribution in [0.3, 0.4) is 0 Å². The molecule has 0 unspecified atom stereocenters. The molecule has 0 spiro atoms. The number of primary amides is 1. The van der Waals surface area contributed by atoms with Crippen molar-refractivity contribution >= 4 is 17.8 Å². The molecule has 17 heavy (non-hydrogen) atoms. The highest BCUT2D eigenvalue weighted by atomic mass is 16.4. The van der Waals surface area contributed by atoms with E-state index in [2.05, 4.69) is 4.98 Å². The number of amides is 2. The van der Waals surface area contributed by atoms with Gasteiger partial charge in [0.1, 0.15) is 13.1 Å². The number of aliphatic carboxylic acids is 1. The van der Waals surface area contributed by atoms with Gasteiger partial charge in [0.2, 0.25) is 11.7 Å². The van der Waals surface area contributed by atoms with Crippen molar-refractivity contribution in [2.75, 3.05) is 13.1 Å². The summed E-state index contributed by atoms with van der Waals surface area (Å²) < 4.78 is 4.82. The molecule has 8 nitrogen and oxygen atoms in total. The maximum Gasteiger partial charge on any atom is 0.323 e. The summed E-state index contributed by atoms with van der Waals surface area (Å²) >= 11 is 0. The molecule has 1 heterocycles. The van der Waals surface area contributed by atoms with E-state index in [0.29, 0.717) is 5.69 Å². The number of carbonyl (C=O) groups excluding carboxylic acids is 2. The summed E-state index contributed by atoms with van der Waals surface area (Å²) in [6.45, 7) is 0.396. The number of aromatic nitrogens is 1. The SMILES string of the molecule is Cc1ncoc1C(=O)N(CC(N)=O)CC(=O)O. The maximum absolute atomic E-state index is 11.8. The van der Waals surface area contributed by atoms with Crippen LogP contribution in [0.4, 0.5) is 0 Å². The zero-order valence-corrected chi connectivity index (χ0v) is 9.04. The lowest BCUT2D eigenvalue weighted by Crippen LogP contribution is -2.41. The van der Waals surface area contributed by atoms with E-state index in [9.17, 15) is 14.4 Å². The van der Waals surface area contributed by atoms with Crippen molar-refractivity contribution in [2.24, 2.45) is 5.73 Å². The number of carboxylic acids is 1. The minimum absolute atomic E-state index is 0.104. The molecule has 0 aromatic carbocycles. The molecule has 0 radical (unpaired) electrons. The first-order valence-corrected chi connectivity index (χ1v) is 4.61. The van der Waals surface area contributed by atoms with Crippen LogP contribution in [0.5, 0.6) is 0 Å². The lowest BCUT2D eigenvalue weighted by molar-refractivity contribution is -0.138. The third-order valence-electron chi connectivity index (χ3n) is 1.90. The van der Waals surface area contributed by atoms with E-state index in [-0.39, 0.29) is 5.76 Å². The Balaban J connectivity index is 2.90. The number of carbonyl (C=O) groups is 3. The number of hydrogen-bond donors (Lipinski definition) is 2. The van der Waals surface area contributed by atoms with Crippen LogP contribution in [0.2, 0.25) is 0 Å². The highest BCUT2D eigenvalue weighted by molar-refractivity contribution is 5.96. The average Bonchev–Trinajstić information content (AvgIpc) is 2.61. The average molecular weight is 241 g/mol. The lowest BCUT2D eigenvalue weighted by atomic mass is 10.3. The van der Waals surface area contributed by atoms with Crippen LogP contribution in [0.1, 0.15) is 16.2 Å². The molecule has 0 saturated carbocycles. The number of aryl methyl sites for hydroxylation is 1. The Bertz CT molecular complexity index is 437. The molecule has 1 aromatic rings. The fourth-order valence-corrected chi connectivity index (χ4v) is 1.20. The summed E-state index contributed by atoms with van der Waals surface area (Å²) in [5, 5.41) is 8.62. The van der Waals surface area contributed by atoms with E-state index < -0.39 is 30.9 Å². The van der Waals surface area contributed by atoms with Crippen LogP contribution in [-0.4, -0.2) is 45.9 Å². The van der Waals surface area contributed by atoms with Crippen molar-refractivity contribution in [2.45, 2.75) is 6.92 Å². The van der Waals surface area contributed by atoms with Gasteiger partial charge in [-0.25, -0.2) is 4.98 Å². The quantitative estimate of drug-likeness (QED) is 0.680. The zero-order valence-electron chi connectivity index (χ0n) is 9.04. The number of nitrogens with zero attached hydrogens (tertiary/aromatic N) is 2. The molecule has 1 rings (SSSR count). The Morgan fingerprint density at radius 3 is 2.53 bits per heavy atom. The van der Waals surface area contributed by atoms with Gasteiger partial charge < -0.3 is 20.2 Å². The monoisotopic (exact) mass is 241 g/mol. The van der Waals surface area contributed by atoms with Crippen molar-refractivity contribution in [3.05, 3.63) is 17.8 Å². The summed E-state index contributed by atoms with van der Waals surface area (Å²) in [7, 11) is 0. The fourth-order valence-electron chi connectivity index (χ4n) is 1.20. The number of hydrogen-bond acceptors (Lipinski definition) is 5. The van der Waals surface area contributed by atoms with Crippen LogP contribution < -0.4 is 5.73 Å². The molecular formula is C9H11N3O5. The van der Waals surface area contributed by atoms with Crippen LogP contribution in [0, 0.1) is 6.92 Å². The van der Waals surface area contributed by atoms with Gasteiger partial charge in [-0.15, -0.1) is 0 Å². The fraction of sp³-hybridized carbons (Fsp3) is 0.333. The standard InChI is InChI=1S/C9H11N3O5/c1-5-8(17-4-11-5)9(16)12(2-6(10)13)3-7(14)15/h4H,2-3H2,1H3,(H2,10,13)(H,14,15). The molecule has 2 amide bonds. The van der Waals surface area contributed by atoms with E-state index in [0.717, 1.165) is 11.3 Å². The molecule has 0 atom stereocenters. The second-order valence-electron chi connectivity index (χ2n) is 3.29. The smallest absolute Gasteiger partial charge is 0.323 e. The summed E-state index contributed by atoms with van der Waals surface area (Å²) in [6.07, 6.45) is 1.06. The van der Waals surface area contributed by atoms with Gasteiger partial charge in [-0.3, -0.25) is 14.4 Å². The molecule has 92 valence electrons. The van der Waals surface area contributed by atoms with Gasteiger partial charge in [-0.2, -0.15) is 0 Å². The summed E-state index contributed by atoms with van der Waals surface area (Å²) in [5.74, 6) is -2.90. The second-order valence-corrected chi connectivity index (χ2v) is 3.29. The predicted octanol–water partition coefficient (Wildman–Crippen LogP) is -1.00. The minimum atomic E-state index is -1.25. The molecule has 0 bridgehead atoms. The molecule has 8 heteroatoms. The third-order valence-corrected chi connectivity index (χ3v) is 1.90. The Morgan fingerprint density at radius 1 is 1.47 bits per heavy atom. The van der Waals surface area contributed by atoms with Crippen molar-refractivity contribution < 1.29 is 23.9 Å². The Hall–Kier alpha value is -2.38. The Labute approximate surface area is 96.0 Å². The first-order valence-electron chi connectivity index (χ1n) is 4.61. The van der Waals surface area contributed by atoms with E-state index in [4.69, 9.17) is 15.3 Å². The Kier molecular flexibility index (Phi) is 3.81. The van der Waals surface area contributed by atoms with Gasteiger partial charge >= 0.3 is 5.97 Å². The first kappa shape index (κ1) is 12.7. The third kappa shape index (κ3) is 3.30. The second kappa shape index (κ2) is 5.10. The van der Waals surface area contributed by atoms with Crippen LogP contribution in [-0.2, 0) is 9.59 Å². The van der Waals surface area contributed by atoms with E-state index in [1.165, 1.54) is 6.92 Å². The lowest BCUT2D eigenvalue weighted by Gasteiger charge is -2.17. The van der Waals surface area contributed by atoms with Crippen molar-refractivity contribution in [1.82, 2.24) is 9.88 Å². The molecular weight excluding hydrogens is 230 g/mol. The largest absolute Gasteiger partial charge is 0.480 e. The van der Waals surface area contributed by atoms with Gasteiger partial charge in [0, 0.05) is 0 Å². The predicted molar refractivity (Wildman–Crippen MR) is 54.0 cm³/mol. The zero-order chi connectivity index (χ0) is 13.0. The molecule has 0 saturated heterocycles. The van der Waals surface area contributed by atoms with Crippen LogP contribution in [0.15, 0.2) is 10.8 Å². The van der Waals surface area contributed by atoms with E-state index in [1.807, 2.05) is 0 Å². The molecule has 0 aliphatic carbocycles. The Morgan fingerprint density at radius 2 is 2.12 bits per heavy atom. The van der Waals surface area contributed by atoms with Crippen molar-refractivity contribution in [3.8, 4) is 0 Å². The van der Waals surface area contributed by atoms with E-state index >= 15 is 0 Å². The molecule has 3 N–H and O–H groups in total. The van der Waals surface area contributed by atoms with Gasteiger partial charge in [-0.05, 0) is 6.92 Å². The number of rotatable bonds is 5. The summed E-state index contributed by atoms with van der Waals surface area (Å²) in [4.78, 5) is 37.6. The van der Waals surface area contributed by atoms with E-state index in [1.54, 1.807) is 0 Å². The minimum Gasteiger partial charge on any atom is -0.480 e. The van der Waals surface area contributed by atoms with Crippen LogP contribution >= 0.6 is 0 Å². The molecule has 0 fully saturated rings. The highest BCUT2D eigenvalue weighted by Gasteiger charge is 2.24. The molecule has 1 aromatic heterocycles. The highest BCUT2D eigenvalue weighted by Crippen LogP contribution is 2.08. The van der Waals surface area contributed by atoms with Gasteiger partial charge in [0.05, 0.1) is 5.69 Å². The van der Waals surface area contributed by atoms with Gasteiger partial charge in [0.25, 0.3) is 5.91 Å². The normalized spacial score (nSPS) is 9.94. The van der Waals surface area contributed by atoms with Gasteiger partial charge in [-0.1, -0.05) is 0 Å². The van der Waals surface area contributed by atoms with Crippen LogP contribution in [0.25, 0.3) is 0 Å². The first-order chi connectivity index (χ1) is 7.91. The molecule has 0 aliphatic heterocycles. The summed E-state index contributed by atoms with van der Waals surface area (Å²) in [6, 6.07) is 0.